The minimum atomic E-state index is -0.760. The number of alkyl carbamates (subject to hydrolysis) is 1. The minimum absolute atomic E-state index is 0.0569. The lowest BCUT2D eigenvalue weighted by atomic mass is 9.63. The van der Waals surface area contributed by atoms with Crippen molar-refractivity contribution in [3.8, 4) is 11.1 Å². The smallest absolute Gasteiger partial charge is 0.407 e. The van der Waals surface area contributed by atoms with Gasteiger partial charge >= 0.3 is 6.09 Å². The van der Waals surface area contributed by atoms with Crippen LogP contribution in [-0.2, 0) is 22.5 Å². The average molecular weight is 652 g/mol. The van der Waals surface area contributed by atoms with E-state index in [9.17, 15) is 9.59 Å². The summed E-state index contributed by atoms with van der Waals surface area (Å²) in [4.78, 5) is 33.7. The predicted molar refractivity (Wildman–Crippen MR) is 182 cm³/mol. The number of carbonyl (C=O) groups is 2. The Balaban J connectivity index is 1.05. The van der Waals surface area contributed by atoms with Gasteiger partial charge in [0.1, 0.15) is 25.3 Å². The SMILES string of the molecule is O=C(N[C@H](Cc1ccc(Cl)cc1)C(=O)N1CCC(Cn2cncn2)(C2CCCCC2)CC1)OCC1c2ccccc2-c2ccccc21. The van der Waals surface area contributed by atoms with Gasteiger partial charge in [-0.05, 0) is 77.0 Å². The van der Waals surface area contributed by atoms with Gasteiger partial charge in [-0.1, -0.05) is 91.5 Å². The zero-order valence-corrected chi connectivity index (χ0v) is 27.4. The molecule has 2 fully saturated rings. The number of ether oxygens (including phenoxy) is 1. The highest BCUT2D eigenvalue weighted by Crippen LogP contribution is 2.47. The van der Waals surface area contributed by atoms with Crippen LogP contribution in [0.1, 0.15) is 67.6 Å². The van der Waals surface area contributed by atoms with Crippen LogP contribution >= 0.6 is 11.6 Å². The Morgan fingerprint density at radius 3 is 2.21 bits per heavy atom. The molecule has 3 aliphatic rings. The van der Waals surface area contributed by atoms with E-state index in [2.05, 4.69) is 39.7 Å². The first-order valence-electron chi connectivity index (χ1n) is 17.0. The number of hydrogen-bond donors (Lipinski definition) is 1. The van der Waals surface area contributed by atoms with Gasteiger partial charge in [-0.25, -0.2) is 9.78 Å². The molecule has 4 aromatic rings. The van der Waals surface area contributed by atoms with Crippen molar-refractivity contribution in [2.45, 2.75) is 69.9 Å². The summed E-state index contributed by atoms with van der Waals surface area (Å²) >= 11 is 6.16. The van der Waals surface area contributed by atoms with Crippen LogP contribution in [0.3, 0.4) is 0 Å². The van der Waals surface area contributed by atoms with Gasteiger partial charge < -0.3 is 15.0 Å². The summed E-state index contributed by atoms with van der Waals surface area (Å²) in [6.07, 6.45) is 11.3. The van der Waals surface area contributed by atoms with Crippen LogP contribution in [0.2, 0.25) is 5.02 Å². The molecule has 1 saturated carbocycles. The van der Waals surface area contributed by atoms with Gasteiger partial charge in [0.2, 0.25) is 5.91 Å². The lowest BCUT2D eigenvalue weighted by Gasteiger charge is -2.48. The Morgan fingerprint density at radius 2 is 1.57 bits per heavy atom. The van der Waals surface area contributed by atoms with Gasteiger partial charge in [0.05, 0.1) is 0 Å². The number of likely N-dealkylation sites (tertiary alicyclic amines) is 1. The Kier molecular flexibility index (Phi) is 9.30. The van der Waals surface area contributed by atoms with Crippen molar-refractivity contribution in [1.29, 1.82) is 0 Å². The molecule has 0 radical (unpaired) electrons. The molecule has 3 aromatic carbocycles. The molecule has 2 amide bonds. The number of carbonyl (C=O) groups excluding carboxylic acids is 2. The Hall–Kier alpha value is -4.17. The van der Waals surface area contributed by atoms with E-state index in [0.29, 0.717) is 30.5 Å². The number of hydrogen-bond acceptors (Lipinski definition) is 5. The van der Waals surface area contributed by atoms with Crippen molar-refractivity contribution in [2.75, 3.05) is 19.7 Å². The summed E-state index contributed by atoms with van der Waals surface area (Å²) in [6, 6.07) is 23.2. The van der Waals surface area contributed by atoms with Gasteiger partial charge in [0.25, 0.3) is 0 Å². The Morgan fingerprint density at radius 1 is 0.915 bits per heavy atom. The molecular weight excluding hydrogens is 610 g/mol. The zero-order chi connectivity index (χ0) is 32.2. The number of aromatic nitrogens is 3. The maximum Gasteiger partial charge on any atom is 0.407 e. The number of nitrogens with zero attached hydrogens (tertiary/aromatic N) is 4. The van der Waals surface area contributed by atoms with Crippen molar-refractivity contribution in [3.63, 3.8) is 0 Å². The second-order valence-electron chi connectivity index (χ2n) is 13.5. The Labute approximate surface area is 281 Å². The Bertz CT molecular complexity index is 1630. The fourth-order valence-corrected chi connectivity index (χ4v) is 8.40. The third-order valence-electron chi connectivity index (χ3n) is 10.8. The molecule has 7 rings (SSSR count). The fraction of sp³-hybridized carbons (Fsp3) is 0.421. The van der Waals surface area contributed by atoms with E-state index in [0.717, 1.165) is 36.1 Å². The van der Waals surface area contributed by atoms with E-state index in [-0.39, 0.29) is 23.8 Å². The van der Waals surface area contributed by atoms with Crippen LogP contribution in [-0.4, -0.2) is 57.4 Å². The van der Waals surface area contributed by atoms with E-state index >= 15 is 0 Å². The molecule has 1 aromatic heterocycles. The molecule has 1 aliphatic heterocycles. The van der Waals surface area contributed by atoms with Crippen LogP contribution in [0.25, 0.3) is 11.1 Å². The summed E-state index contributed by atoms with van der Waals surface area (Å²) in [6.45, 7) is 2.31. The molecule has 2 aliphatic carbocycles. The summed E-state index contributed by atoms with van der Waals surface area (Å²) in [5.74, 6) is 0.478. The lowest BCUT2D eigenvalue weighted by Crippen LogP contribution is -2.54. The molecule has 244 valence electrons. The first-order chi connectivity index (χ1) is 23.0. The molecule has 0 bridgehead atoms. The monoisotopic (exact) mass is 651 g/mol. The summed E-state index contributed by atoms with van der Waals surface area (Å²) in [5.41, 5.74) is 5.65. The standard InChI is InChI=1S/C38H42ClN5O3/c39-29-16-14-27(15-17-29)22-35(42-37(46)47-23-34-32-12-6-4-10-30(32)31-11-5-7-13-33(31)34)36(45)43-20-18-38(19-21-43,24-44-26-40-25-41-44)28-8-2-1-3-9-28/h4-7,10-17,25-26,28,34-35H,1-3,8-9,18-24H2,(H,42,46)/t35-/m1/s1. The fourth-order valence-electron chi connectivity index (χ4n) is 8.28. The summed E-state index contributed by atoms with van der Waals surface area (Å²) in [7, 11) is 0. The van der Waals surface area contributed by atoms with Crippen molar-refractivity contribution in [3.05, 3.63) is 107 Å². The molecule has 1 atom stereocenters. The quantitative estimate of drug-likeness (QED) is 0.206. The highest BCUT2D eigenvalue weighted by Gasteiger charge is 2.44. The molecule has 47 heavy (non-hydrogen) atoms. The molecule has 1 saturated heterocycles. The highest BCUT2D eigenvalue weighted by atomic mass is 35.5. The molecule has 9 heteroatoms. The van der Waals surface area contributed by atoms with E-state index in [1.54, 1.807) is 6.33 Å². The van der Waals surface area contributed by atoms with Gasteiger partial charge in [0.15, 0.2) is 0 Å². The van der Waals surface area contributed by atoms with Crippen LogP contribution in [0.15, 0.2) is 85.5 Å². The number of fused-ring (bicyclic) bond motifs is 3. The normalized spacial score (nSPS) is 18.3. The number of piperidine rings is 1. The second-order valence-corrected chi connectivity index (χ2v) is 13.9. The third kappa shape index (κ3) is 6.79. The van der Waals surface area contributed by atoms with E-state index < -0.39 is 12.1 Å². The van der Waals surface area contributed by atoms with Crippen LogP contribution in [0, 0.1) is 11.3 Å². The number of nitrogens with one attached hydrogen (secondary N) is 1. The zero-order valence-electron chi connectivity index (χ0n) is 26.7. The maximum atomic E-state index is 14.2. The number of halogens is 1. The minimum Gasteiger partial charge on any atom is -0.449 e. The highest BCUT2D eigenvalue weighted by molar-refractivity contribution is 6.30. The van der Waals surface area contributed by atoms with Crippen molar-refractivity contribution >= 4 is 23.6 Å². The van der Waals surface area contributed by atoms with Gasteiger partial charge in [-0.2, -0.15) is 5.10 Å². The lowest BCUT2D eigenvalue weighted by molar-refractivity contribution is -0.137. The third-order valence-corrected chi connectivity index (χ3v) is 11.0. The van der Waals surface area contributed by atoms with Crippen molar-refractivity contribution in [1.82, 2.24) is 25.0 Å². The number of rotatable bonds is 9. The van der Waals surface area contributed by atoms with E-state index in [1.165, 1.54) is 43.2 Å². The number of benzene rings is 3. The number of amides is 2. The predicted octanol–water partition coefficient (Wildman–Crippen LogP) is 7.27. The van der Waals surface area contributed by atoms with Crippen LogP contribution < -0.4 is 5.32 Å². The van der Waals surface area contributed by atoms with Gasteiger partial charge in [-0.3, -0.25) is 9.48 Å². The summed E-state index contributed by atoms with van der Waals surface area (Å²) in [5, 5.41) is 8.03. The van der Waals surface area contributed by atoms with Crippen LogP contribution in [0.5, 0.6) is 0 Å². The van der Waals surface area contributed by atoms with Gasteiger partial charge in [0, 0.05) is 37.0 Å². The topological polar surface area (TPSA) is 89.4 Å². The van der Waals surface area contributed by atoms with Gasteiger partial charge in [-0.15, -0.1) is 0 Å². The van der Waals surface area contributed by atoms with Crippen molar-refractivity contribution < 1.29 is 14.3 Å². The molecule has 0 spiro atoms. The maximum absolute atomic E-state index is 14.2. The summed E-state index contributed by atoms with van der Waals surface area (Å²) < 4.78 is 7.84. The molecular formula is C38H42ClN5O3. The molecule has 8 nitrogen and oxygen atoms in total. The first-order valence-corrected chi connectivity index (χ1v) is 17.3. The van der Waals surface area contributed by atoms with Crippen LogP contribution in [0.4, 0.5) is 4.79 Å². The molecule has 0 unspecified atom stereocenters. The van der Waals surface area contributed by atoms with E-state index in [4.69, 9.17) is 16.3 Å². The molecule has 2 heterocycles. The average Bonchev–Trinajstić information content (AvgIpc) is 3.74. The molecule has 1 N–H and O–H groups in total. The first kappa shape index (κ1) is 31.4. The largest absolute Gasteiger partial charge is 0.449 e. The van der Waals surface area contributed by atoms with Crippen molar-refractivity contribution in [2.24, 2.45) is 11.3 Å². The van der Waals surface area contributed by atoms with E-state index in [1.807, 2.05) is 64.4 Å². The second kappa shape index (κ2) is 13.9.